The molecule has 16 heavy (non-hydrogen) atoms. The van der Waals surface area contributed by atoms with E-state index in [0.29, 0.717) is 0 Å². The molecule has 0 amide bonds. The van der Waals surface area contributed by atoms with Crippen molar-refractivity contribution >= 4 is 11.0 Å². The number of fused-ring (bicyclic) bond motifs is 1. The topological polar surface area (TPSA) is 61.4 Å². The van der Waals surface area contributed by atoms with E-state index in [2.05, 4.69) is 20.1 Å². The Hall–Kier alpha value is -2.24. The largest absolute Gasteiger partial charge is 0.287 e. The number of imidazole rings is 1. The molecule has 0 saturated heterocycles. The third-order valence-electron chi connectivity index (χ3n) is 2.56. The van der Waals surface area contributed by atoms with Crippen LogP contribution in [0.25, 0.3) is 16.9 Å². The van der Waals surface area contributed by atoms with E-state index < -0.39 is 0 Å². The van der Waals surface area contributed by atoms with Gasteiger partial charge in [-0.2, -0.15) is 5.10 Å². The lowest BCUT2D eigenvalue weighted by atomic mass is 10.4. The minimum Gasteiger partial charge on any atom is -0.287 e. The fourth-order valence-electron chi connectivity index (χ4n) is 1.74. The van der Waals surface area contributed by atoms with Crippen molar-refractivity contribution in [1.29, 1.82) is 0 Å². The van der Waals surface area contributed by atoms with Crippen LogP contribution in [0, 0.1) is 6.92 Å². The zero-order valence-corrected chi connectivity index (χ0v) is 8.99. The van der Waals surface area contributed by atoms with E-state index in [9.17, 15) is 0 Å². The number of aromatic nitrogens is 6. The van der Waals surface area contributed by atoms with Crippen molar-refractivity contribution < 1.29 is 0 Å². The average Bonchev–Trinajstić information content (AvgIpc) is 2.86. The highest BCUT2D eigenvalue weighted by Gasteiger charge is 2.10. The van der Waals surface area contributed by atoms with Crippen LogP contribution in [0.2, 0.25) is 0 Å². The summed E-state index contributed by atoms with van der Waals surface area (Å²) in [5.41, 5.74) is 0.818. The van der Waals surface area contributed by atoms with Crippen LogP contribution < -0.4 is 0 Å². The molecular formula is C10H10N6. The fourth-order valence-corrected chi connectivity index (χ4v) is 1.74. The molecule has 3 aromatic heterocycles. The van der Waals surface area contributed by atoms with Crippen LogP contribution in [0.3, 0.4) is 0 Å². The molecule has 0 aliphatic carbocycles. The van der Waals surface area contributed by atoms with E-state index in [1.54, 1.807) is 23.4 Å². The van der Waals surface area contributed by atoms with E-state index in [-0.39, 0.29) is 0 Å². The van der Waals surface area contributed by atoms with Crippen molar-refractivity contribution in [2.75, 3.05) is 0 Å². The van der Waals surface area contributed by atoms with Gasteiger partial charge in [-0.25, -0.2) is 15.0 Å². The fraction of sp³-hybridized carbons (Fsp3) is 0.200. The second kappa shape index (κ2) is 3.13. The maximum atomic E-state index is 4.28. The maximum Gasteiger partial charge on any atom is 0.163 e. The lowest BCUT2D eigenvalue weighted by Crippen LogP contribution is -2.01. The predicted molar refractivity (Wildman–Crippen MR) is 58.2 cm³/mol. The summed E-state index contributed by atoms with van der Waals surface area (Å²) in [6.07, 6.45) is 6.94. The molecule has 0 radical (unpaired) electrons. The van der Waals surface area contributed by atoms with Gasteiger partial charge in [-0.15, -0.1) is 0 Å². The first kappa shape index (κ1) is 9.02. The first-order valence-electron chi connectivity index (χ1n) is 4.90. The van der Waals surface area contributed by atoms with Crippen molar-refractivity contribution in [3.63, 3.8) is 0 Å². The molecule has 6 nitrogen and oxygen atoms in total. The van der Waals surface area contributed by atoms with E-state index in [4.69, 9.17) is 0 Å². The van der Waals surface area contributed by atoms with Gasteiger partial charge < -0.3 is 0 Å². The van der Waals surface area contributed by atoms with Gasteiger partial charge in [0.2, 0.25) is 0 Å². The van der Waals surface area contributed by atoms with Crippen LogP contribution in [0.4, 0.5) is 0 Å². The van der Waals surface area contributed by atoms with E-state index in [1.165, 1.54) is 0 Å². The highest BCUT2D eigenvalue weighted by Crippen LogP contribution is 2.17. The minimum absolute atomic E-state index is 0.813. The molecule has 0 atom stereocenters. The van der Waals surface area contributed by atoms with Crippen molar-refractivity contribution in [3.8, 4) is 5.82 Å². The lowest BCUT2D eigenvalue weighted by molar-refractivity contribution is 0.785. The Kier molecular flexibility index (Phi) is 1.76. The van der Waals surface area contributed by atoms with Gasteiger partial charge in [-0.05, 0) is 6.92 Å². The summed E-state index contributed by atoms with van der Waals surface area (Å²) in [5, 5.41) is 5.10. The SMILES string of the molecule is Cc1nccn1-c1ncnc2c1cnn2C. The molecule has 0 bridgehead atoms. The van der Waals surface area contributed by atoms with Crippen molar-refractivity contribution in [3.05, 3.63) is 30.7 Å². The molecule has 80 valence electrons. The summed E-state index contributed by atoms with van der Waals surface area (Å²) in [7, 11) is 1.86. The molecular weight excluding hydrogens is 204 g/mol. The van der Waals surface area contributed by atoms with E-state index in [0.717, 1.165) is 22.7 Å². The summed E-state index contributed by atoms with van der Waals surface area (Å²) in [4.78, 5) is 12.7. The van der Waals surface area contributed by atoms with E-state index >= 15 is 0 Å². The third-order valence-corrected chi connectivity index (χ3v) is 2.56. The summed E-state index contributed by atoms with van der Waals surface area (Å²) < 4.78 is 3.65. The van der Waals surface area contributed by atoms with Crippen LogP contribution >= 0.6 is 0 Å². The molecule has 0 N–H and O–H groups in total. The highest BCUT2D eigenvalue weighted by atomic mass is 15.3. The summed E-state index contributed by atoms with van der Waals surface area (Å²) in [5.74, 6) is 1.71. The van der Waals surface area contributed by atoms with Crippen LogP contribution in [0.1, 0.15) is 5.82 Å². The molecule has 0 unspecified atom stereocenters. The molecule has 3 aromatic rings. The number of nitrogens with zero attached hydrogens (tertiary/aromatic N) is 6. The molecule has 0 aliphatic rings. The van der Waals surface area contributed by atoms with Crippen molar-refractivity contribution in [2.24, 2.45) is 7.05 Å². The Morgan fingerprint density at radius 2 is 2.06 bits per heavy atom. The van der Waals surface area contributed by atoms with Gasteiger partial charge in [-0.3, -0.25) is 9.25 Å². The Labute approximate surface area is 91.6 Å². The predicted octanol–water partition coefficient (Wildman–Crippen LogP) is 0.857. The van der Waals surface area contributed by atoms with Gasteiger partial charge in [0, 0.05) is 19.4 Å². The minimum atomic E-state index is 0.813. The Morgan fingerprint density at radius 3 is 2.81 bits per heavy atom. The Balaban J connectivity index is 2.36. The lowest BCUT2D eigenvalue weighted by Gasteiger charge is -2.04. The number of aryl methyl sites for hydroxylation is 2. The smallest absolute Gasteiger partial charge is 0.163 e. The van der Waals surface area contributed by atoms with E-state index in [1.807, 2.05) is 24.7 Å². The van der Waals surface area contributed by atoms with Crippen molar-refractivity contribution in [2.45, 2.75) is 6.92 Å². The Morgan fingerprint density at radius 1 is 1.19 bits per heavy atom. The molecule has 0 saturated carbocycles. The average molecular weight is 214 g/mol. The van der Waals surface area contributed by atoms with Gasteiger partial charge in [0.1, 0.15) is 12.2 Å². The van der Waals surface area contributed by atoms with Crippen LogP contribution in [-0.2, 0) is 7.05 Å². The standard InChI is InChI=1S/C10H10N6/c1-7-11-3-4-16(7)10-8-5-14-15(2)9(8)12-6-13-10/h3-6H,1-2H3. The zero-order valence-electron chi connectivity index (χ0n) is 8.99. The van der Waals surface area contributed by atoms with Gasteiger partial charge in [0.25, 0.3) is 0 Å². The van der Waals surface area contributed by atoms with Crippen LogP contribution in [0.5, 0.6) is 0 Å². The number of rotatable bonds is 1. The molecule has 0 aromatic carbocycles. The van der Waals surface area contributed by atoms with Gasteiger partial charge in [0.15, 0.2) is 11.5 Å². The molecule has 3 heterocycles. The normalized spacial score (nSPS) is 11.1. The maximum absolute atomic E-state index is 4.28. The van der Waals surface area contributed by atoms with Gasteiger partial charge in [-0.1, -0.05) is 0 Å². The summed E-state index contributed by atoms with van der Waals surface area (Å²) >= 11 is 0. The molecule has 6 heteroatoms. The third kappa shape index (κ3) is 1.13. The second-order valence-electron chi connectivity index (χ2n) is 3.55. The molecule has 0 fully saturated rings. The number of hydrogen-bond acceptors (Lipinski definition) is 4. The molecule has 3 rings (SSSR count). The summed E-state index contributed by atoms with van der Waals surface area (Å²) in [6.45, 7) is 1.93. The van der Waals surface area contributed by atoms with Gasteiger partial charge in [0.05, 0.1) is 11.6 Å². The van der Waals surface area contributed by atoms with Crippen molar-refractivity contribution in [1.82, 2.24) is 29.3 Å². The first-order valence-corrected chi connectivity index (χ1v) is 4.90. The zero-order chi connectivity index (χ0) is 11.1. The van der Waals surface area contributed by atoms with Crippen LogP contribution in [0.15, 0.2) is 24.9 Å². The highest BCUT2D eigenvalue weighted by molar-refractivity contribution is 5.81. The van der Waals surface area contributed by atoms with Gasteiger partial charge >= 0.3 is 0 Å². The quantitative estimate of drug-likeness (QED) is 0.602. The monoisotopic (exact) mass is 214 g/mol. The second-order valence-corrected chi connectivity index (χ2v) is 3.55. The number of hydrogen-bond donors (Lipinski definition) is 0. The first-order chi connectivity index (χ1) is 7.77. The van der Waals surface area contributed by atoms with Crippen LogP contribution in [-0.4, -0.2) is 29.3 Å². The Bertz CT molecular complexity index is 650. The summed E-state index contributed by atoms with van der Waals surface area (Å²) in [6, 6.07) is 0. The molecule has 0 spiro atoms. The molecule has 0 aliphatic heterocycles.